The van der Waals surface area contributed by atoms with Crippen molar-refractivity contribution in [3.63, 3.8) is 0 Å². The lowest BCUT2D eigenvalue weighted by Crippen LogP contribution is -2.37. The highest BCUT2D eigenvalue weighted by molar-refractivity contribution is 14.0. The molecule has 0 fully saturated rings. The number of aromatic nitrogens is 1. The van der Waals surface area contributed by atoms with Gasteiger partial charge in [-0.05, 0) is 47.9 Å². The van der Waals surface area contributed by atoms with Crippen LogP contribution in [0.5, 0.6) is 0 Å². The molecule has 3 aromatic rings. The van der Waals surface area contributed by atoms with Gasteiger partial charge in [-0.1, -0.05) is 12.1 Å². The first-order chi connectivity index (χ1) is 15.0. The van der Waals surface area contributed by atoms with Gasteiger partial charge >= 0.3 is 0 Å². The van der Waals surface area contributed by atoms with Crippen LogP contribution in [0.1, 0.15) is 21.5 Å². The lowest BCUT2D eigenvalue weighted by atomic mass is 10.1. The summed E-state index contributed by atoms with van der Waals surface area (Å²) < 4.78 is 13.3. The highest BCUT2D eigenvalue weighted by Crippen LogP contribution is 2.19. The van der Waals surface area contributed by atoms with Crippen molar-refractivity contribution in [2.24, 2.45) is 10.7 Å². The molecule has 1 aromatic heterocycles. The summed E-state index contributed by atoms with van der Waals surface area (Å²) >= 11 is 0. The number of benzene rings is 2. The van der Waals surface area contributed by atoms with Gasteiger partial charge in [0.25, 0.3) is 5.91 Å². The fourth-order valence-corrected chi connectivity index (χ4v) is 3.13. The Morgan fingerprint density at radius 3 is 2.53 bits per heavy atom. The predicted molar refractivity (Wildman–Crippen MR) is 134 cm³/mol. The third kappa shape index (κ3) is 6.94. The summed E-state index contributed by atoms with van der Waals surface area (Å²) in [6.07, 6.45) is 2.64. The number of H-pyrrole nitrogens is 1. The number of rotatable bonds is 8. The lowest BCUT2D eigenvalue weighted by molar-refractivity contribution is -0.117. The molecule has 10 heteroatoms. The number of aliphatic imine (C=N–C) groups is 1. The number of halogens is 2. The minimum atomic E-state index is -0.591. The topological polar surface area (TPSA) is 124 Å². The molecule has 6 N–H and O–H groups in total. The zero-order chi connectivity index (χ0) is 22.2. The molecule has 3 rings (SSSR count). The number of guanidine groups is 1. The highest BCUT2D eigenvalue weighted by atomic mass is 127. The first kappa shape index (κ1) is 25.1. The van der Waals surface area contributed by atoms with E-state index in [0.29, 0.717) is 24.6 Å². The molecule has 0 atom stereocenters. The first-order valence-corrected chi connectivity index (χ1v) is 9.81. The van der Waals surface area contributed by atoms with Crippen LogP contribution in [0.15, 0.2) is 53.7 Å². The van der Waals surface area contributed by atoms with Crippen LogP contribution in [0.25, 0.3) is 10.9 Å². The first-order valence-electron chi connectivity index (χ1n) is 9.81. The Morgan fingerprint density at radius 1 is 1.09 bits per heavy atom. The summed E-state index contributed by atoms with van der Waals surface area (Å²) in [6.45, 7) is 0.984. The molecule has 32 heavy (non-hydrogen) atoms. The zero-order valence-electron chi connectivity index (χ0n) is 17.6. The molecule has 0 spiro atoms. The highest BCUT2D eigenvalue weighted by Gasteiger charge is 2.07. The third-order valence-corrected chi connectivity index (χ3v) is 4.74. The SMILES string of the molecule is CN=C(NCCc1c[nH]c2cc(F)ccc12)NCc1ccc(C(=O)NCC(N)=O)cc1.I. The number of hydrogen-bond acceptors (Lipinski definition) is 3. The number of primary amides is 1. The van der Waals surface area contributed by atoms with Gasteiger partial charge in [-0.15, -0.1) is 24.0 Å². The summed E-state index contributed by atoms with van der Waals surface area (Å²) in [5.74, 6) is -0.556. The van der Waals surface area contributed by atoms with Gasteiger partial charge < -0.3 is 26.7 Å². The van der Waals surface area contributed by atoms with Gasteiger partial charge in [-0.2, -0.15) is 0 Å². The van der Waals surface area contributed by atoms with Crippen LogP contribution in [0.4, 0.5) is 4.39 Å². The van der Waals surface area contributed by atoms with Crippen LogP contribution in [-0.4, -0.2) is 42.9 Å². The summed E-state index contributed by atoms with van der Waals surface area (Å²) in [6, 6.07) is 11.7. The second-order valence-corrected chi connectivity index (χ2v) is 6.95. The smallest absolute Gasteiger partial charge is 0.251 e. The van der Waals surface area contributed by atoms with Gasteiger partial charge in [-0.3, -0.25) is 14.6 Å². The van der Waals surface area contributed by atoms with Gasteiger partial charge in [0, 0.05) is 42.8 Å². The van der Waals surface area contributed by atoms with Crippen molar-refractivity contribution in [1.82, 2.24) is 20.9 Å². The average molecular weight is 552 g/mol. The van der Waals surface area contributed by atoms with Gasteiger partial charge in [0.05, 0.1) is 6.54 Å². The van der Waals surface area contributed by atoms with Crippen LogP contribution < -0.4 is 21.7 Å². The maximum absolute atomic E-state index is 13.3. The molecule has 0 unspecified atom stereocenters. The monoisotopic (exact) mass is 552 g/mol. The maximum atomic E-state index is 13.3. The van der Waals surface area contributed by atoms with Crippen molar-refractivity contribution < 1.29 is 14.0 Å². The molecule has 8 nitrogen and oxygen atoms in total. The number of hydrogen-bond donors (Lipinski definition) is 5. The maximum Gasteiger partial charge on any atom is 0.251 e. The van der Waals surface area contributed by atoms with E-state index in [9.17, 15) is 14.0 Å². The Labute approximate surface area is 202 Å². The van der Waals surface area contributed by atoms with Crippen molar-refractivity contribution in [2.45, 2.75) is 13.0 Å². The lowest BCUT2D eigenvalue weighted by Gasteiger charge is -2.12. The summed E-state index contributed by atoms with van der Waals surface area (Å²) in [5.41, 5.74) is 8.32. The van der Waals surface area contributed by atoms with E-state index < -0.39 is 5.91 Å². The van der Waals surface area contributed by atoms with Crippen molar-refractivity contribution in [3.8, 4) is 0 Å². The summed E-state index contributed by atoms with van der Waals surface area (Å²) in [5, 5.41) is 9.93. The molecule has 0 aliphatic rings. The van der Waals surface area contributed by atoms with Gasteiger partial charge in [0.15, 0.2) is 5.96 Å². The molecule has 1 heterocycles. The fraction of sp³-hybridized carbons (Fsp3) is 0.227. The molecule has 2 aromatic carbocycles. The van der Waals surface area contributed by atoms with Gasteiger partial charge in [-0.25, -0.2) is 4.39 Å². The number of nitrogens with two attached hydrogens (primary N) is 1. The van der Waals surface area contributed by atoms with E-state index in [4.69, 9.17) is 5.73 Å². The fourth-order valence-electron chi connectivity index (χ4n) is 3.13. The molecule has 0 bridgehead atoms. The number of carbonyl (C=O) groups is 2. The Balaban J connectivity index is 0.00000363. The van der Waals surface area contributed by atoms with E-state index in [1.807, 2.05) is 18.3 Å². The Morgan fingerprint density at radius 2 is 1.84 bits per heavy atom. The van der Waals surface area contributed by atoms with Crippen molar-refractivity contribution in [3.05, 3.63) is 71.2 Å². The van der Waals surface area contributed by atoms with E-state index in [1.165, 1.54) is 12.1 Å². The Hall–Kier alpha value is -3.15. The molecule has 0 aliphatic heterocycles. The van der Waals surface area contributed by atoms with Crippen LogP contribution in [0.3, 0.4) is 0 Å². The molecular formula is C22H26FIN6O2. The molecule has 170 valence electrons. The van der Waals surface area contributed by atoms with Crippen molar-refractivity contribution in [1.29, 1.82) is 0 Å². The quantitative estimate of drug-likeness (QED) is 0.167. The number of amides is 2. The number of nitrogens with one attached hydrogen (secondary N) is 4. The van der Waals surface area contributed by atoms with E-state index in [1.54, 1.807) is 25.2 Å². The number of nitrogens with zero attached hydrogens (tertiary/aromatic N) is 1. The second kappa shape index (κ2) is 12.0. The largest absolute Gasteiger partial charge is 0.368 e. The average Bonchev–Trinajstić information content (AvgIpc) is 3.16. The minimum absolute atomic E-state index is 0. The minimum Gasteiger partial charge on any atom is -0.368 e. The number of fused-ring (bicyclic) bond motifs is 1. The molecule has 2 amide bonds. The van der Waals surface area contributed by atoms with Crippen LogP contribution in [-0.2, 0) is 17.8 Å². The van der Waals surface area contributed by atoms with Crippen LogP contribution in [0, 0.1) is 5.82 Å². The standard InChI is InChI=1S/C22H25FN6O2.HI/c1-25-22(26-9-8-16-12-27-19-10-17(23)6-7-18(16)19)29-11-14-2-4-15(5-3-14)21(31)28-13-20(24)30;/h2-7,10,12,27H,8-9,11,13H2,1H3,(H2,24,30)(H,28,31)(H2,25,26,29);1H. The van der Waals surface area contributed by atoms with E-state index in [-0.39, 0.29) is 42.2 Å². The molecule has 0 saturated heterocycles. The van der Waals surface area contributed by atoms with Crippen LogP contribution >= 0.6 is 24.0 Å². The third-order valence-electron chi connectivity index (χ3n) is 4.74. The normalized spacial score (nSPS) is 11.0. The predicted octanol–water partition coefficient (Wildman–Crippen LogP) is 2.05. The van der Waals surface area contributed by atoms with Gasteiger partial charge in [0.2, 0.25) is 5.91 Å². The van der Waals surface area contributed by atoms with E-state index in [2.05, 4.69) is 25.9 Å². The number of aromatic amines is 1. The molecular weight excluding hydrogens is 526 g/mol. The Bertz CT molecular complexity index is 1100. The second-order valence-electron chi connectivity index (χ2n) is 6.95. The Kier molecular flexibility index (Phi) is 9.44. The van der Waals surface area contributed by atoms with Crippen LogP contribution in [0.2, 0.25) is 0 Å². The summed E-state index contributed by atoms with van der Waals surface area (Å²) in [7, 11) is 1.69. The molecule has 0 aliphatic carbocycles. The summed E-state index contributed by atoms with van der Waals surface area (Å²) in [4.78, 5) is 29.9. The zero-order valence-corrected chi connectivity index (χ0v) is 19.9. The van der Waals surface area contributed by atoms with Gasteiger partial charge in [0.1, 0.15) is 5.82 Å². The van der Waals surface area contributed by atoms with Crippen molar-refractivity contribution >= 4 is 52.7 Å². The molecule has 0 radical (unpaired) electrons. The van der Waals surface area contributed by atoms with E-state index in [0.717, 1.165) is 28.5 Å². The number of carbonyl (C=O) groups excluding carboxylic acids is 2. The molecule has 0 saturated carbocycles. The van der Waals surface area contributed by atoms with E-state index >= 15 is 0 Å². The van der Waals surface area contributed by atoms with Crippen molar-refractivity contribution in [2.75, 3.05) is 20.1 Å².